The summed E-state index contributed by atoms with van der Waals surface area (Å²) in [6.07, 6.45) is 4.60. The Labute approximate surface area is 493 Å². The molecule has 2 radical (unpaired) electrons. The summed E-state index contributed by atoms with van der Waals surface area (Å²) in [6.45, 7) is 2.59. The molecule has 0 aliphatic heterocycles. The average molecular weight is 1300 g/mol. The first-order chi connectivity index (χ1) is 33.8. The van der Waals surface area contributed by atoms with Gasteiger partial charge in [-0.15, -0.1) is 0 Å². The van der Waals surface area contributed by atoms with E-state index in [1.165, 1.54) is 38.4 Å². The van der Waals surface area contributed by atoms with Gasteiger partial charge in [0, 0.05) is 37.1 Å². The van der Waals surface area contributed by atoms with Crippen LogP contribution in [0.15, 0.2) is 213 Å². The van der Waals surface area contributed by atoms with Gasteiger partial charge in [-0.2, -0.15) is 20.4 Å². The first-order valence-corrected chi connectivity index (χ1v) is 20.3. The zero-order valence-electron chi connectivity index (χ0n) is 38.7. The minimum atomic E-state index is -0.762. The molecule has 0 bridgehead atoms. The molecule has 0 saturated heterocycles. The number of aliphatic hydroxyl groups excluding tert-OH is 2. The predicted octanol–water partition coefficient (Wildman–Crippen LogP) is 3.16. The fourth-order valence-corrected chi connectivity index (χ4v) is 4.67. The predicted molar refractivity (Wildman–Crippen MR) is 258 cm³/mol. The van der Waals surface area contributed by atoms with E-state index < -0.39 is 11.8 Å². The van der Waals surface area contributed by atoms with Crippen molar-refractivity contribution in [2.45, 2.75) is 13.8 Å². The number of carbonyl (C=O) groups excluding carboxylic acids is 2. The number of nitrogens with zero attached hydrogens (tertiary/aromatic N) is 6. The fraction of sp³-hybridized carbons (Fsp3) is 0.0769. The topological polar surface area (TPSA) is 328 Å². The minimum absolute atomic E-state index is 0. The van der Waals surface area contributed by atoms with Crippen LogP contribution in [0.4, 0.5) is 0 Å². The molecule has 18 nitrogen and oxygen atoms in total. The summed E-state index contributed by atoms with van der Waals surface area (Å²) >= 11 is 0. The number of para-hydroxylation sites is 2. The van der Waals surface area contributed by atoms with Crippen LogP contribution in [-0.2, 0) is 0 Å². The van der Waals surface area contributed by atoms with E-state index in [9.17, 15) is 40.2 Å². The van der Waals surface area contributed by atoms with Crippen molar-refractivity contribution in [3.63, 3.8) is 0 Å². The van der Waals surface area contributed by atoms with Crippen LogP contribution in [0.2, 0.25) is 0 Å². The van der Waals surface area contributed by atoms with E-state index in [-0.39, 0.29) is 140 Å². The van der Waals surface area contributed by atoms with E-state index in [0.717, 1.165) is 26.4 Å². The number of benzene rings is 6. The van der Waals surface area contributed by atoms with Gasteiger partial charge < -0.3 is 51.3 Å². The van der Waals surface area contributed by atoms with E-state index in [1.54, 1.807) is 133 Å². The zero-order chi connectivity index (χ0) is 52.1. The Morgan fingerprint density at radius 1 is 0.417 bits per heavy atom. The number of hydrogen-bond acceptors (Lipinski definition) is 18. The molecular weight excluding hydrogens is 1250 g/mol. The molecule has 4 N–H and O–H groups in total. The molecule has 6 rings (SSSR count). The second kappa shape index (κ2) is 41.2. The third-order valence-corrected chi connectivity index (χ3v) is 8.21. The number of oxime groups is 2. The molecule has 72 heavy (non-hydrogen) atoms. The van der Waals surface area contributed by atoms with Crippen molar-refractivity contribution >= 4 is 58.7 Å². The largest absolute Gasteiger partial charge is 3.00 e. The van der Waals surface area contributed by atoms with E-state index >= 15 is 0 Å². The van der Waals surface area contributed by atoms with Gasteiger partial charge in [0.15, 0.2) is 11.6 Å². The van der Waals surface area contributed by atoms with Gasteiger partial charge in [-0.3, -0.25) is 9.59 Å². The van der Waals surface area contributed by atoms with E-state index in [0.29, 0.717) is 33.4 Å². The molecule has 0 fully saturated rings. The summed E-state index contributed by atoms with van der Waals surface area (Å²) in [4.78, 5) is 23.5. The molecule has 0 unspecified atom stereocenters. The maximum absolute atomic E-state index is 11.8. The van der Waals surface area contributed by atoms with Crippen LogP contribution < -0.4 is 30.6 Å². The van der Waals surface area contributed by atoms with Crippen molar-refractivity contribution in [2.24, 2.45) is 30.7 Å². The van der Waals surface area contributed by atoms with Crippen LogP contribution in [0.3, 0.4) is 0 Å². The molecular formula is C52H48N6O12Yb2. The normalized spacial score (nSPS) is 11.4. The summed E-state index contributed by atoms with van der Waals surface area (Å²) in [6, 6.07) is 47.4. The Balaban J connectivity index is 0. The minimum Gasteiger partial charge on any atom is -0.872 e. The molecule has 0 spiro atoms. The first-order valence-electron chi connectivity index (χ1n) is 20.3. The molecule has 0 aliphatic carbocycles. The maximum Gasteiger partial charge on any atom is 3.00 e. The standard InChI is InChI=1S/2C15H12O2.2C10H11N3O3.2CH4O.2Yb/c2*16-14(12-7-3-1-4-8-12)11-15(17)13-9-5-2-6-10-13;2*1-7(13-16)10(15)12-11-6-8-4-2-3-5-9(8)14;2*1-2;;/h2*1-11,16H;2*2-6,14,16H,1H3,(H,12,15);2*2H,1H3;;/q;;;;;;2*+3/p-6/b2*14-11-;2*11-6+,13-7+;;;;. The molecule has 0 atom stereocenters. The van der Waals surface area contributed by atoms with Gasteiger partial charge in [0.05, 0.1) is 23.9 Å². The fourth-order valence-electron chi connectivity index (χ4n) is 4.67. The van der Waals surface area contributed by atoms with Crippen LogP contribution in [0.1, 0.15) is 56.8 Å². The van der Waals surface area contributed by atoms with Gasteiger partial charge in [0.25, 0.3) is 0 Å². The Morgan fingerprint density at radius 2 is 0.667 bits per heavy atom. The van der Waals surface area contributed by atoms with Crippen LogP contribution >= 0.6 is 0 Å². The van der Waals surface area contributed by atoms with Gasteiger partial charge in [0.2, 0.25) is 0 Å². The van der Waals surface area contributed by atoms with Crippen molar-refractivity contribution in [1.82, 2.24) is 0 Å². The second-order valence-electron chi connectivity index (χ2n) is 13.0. The van der Waals surface area contributed by atoms with E-state index in [4.69, 9.17) is 20.6 Å². The van der Waals surface area contributed by atoms with E-state index in [1.807, 2.05) is 24.3 Å². The molecule has 0 heterocycles. The summed E-state index contributed by atoms with van der Waals surface area (Å²) in [7, 11) is 2.00. The summed E-state index contributed by atoms with van der Waals surface area (Å²) in [5.74, 6) is -3.00. The first kappa shape index (κ1) is 67.6. The van der Waals surface area contributed by atoms with Gasteiger partial charge in [-0.1, -0.05) is 203 Å². The number of aliphatic hydroxyl groups is 2. The Hall–Kier alpha value is -6.48. The van der Waals surface area contributed by atoms with Crippen molar-refractivity contribution in [3.8, 4) is 11.5 Å². The van der Waals surface area contributed by atoms with Crippen molar-refractivity contribution < 1.29 is 155 Å². The number of carbonyl (C=O) groups is 2. The van der Waals surface area contributed by atoms with Crippen molar-refractivity contribution in [2.75, 3.05) is 14.2 Å². The summed E-state index contributed by atoms with van der Waals surface area (Å²) in [5, 5.41) is 117. The molecule has 386 valence electrons. The van der Waals surface area contributed by atoms with Crippen LogP contribution in [0.25, 0.3) is 11.5 Å². The molecule has 0 aromatic heterocycles. The number of ketones is 2. The van der Waals surface area contributed by atoms with Crippen LogP contribution in [0.5, 0.6) is 11.5 Å². The number of hydrogen-bond donors (Lipinski definition) is 4. The third-order valence-electron chi connectivity index (χ3n) is 8.21. The second-order valence-corrected chi connectivity index (χ2v) is 13.0. The molecule has 0 aliphatic rings. The Kier molecular flexibility index (Phi) is 38.7. The van der Waals surface area contributed by atoms with Crippen LogP contribution in [0, 0.1) is 93.8 Å². The molecule has 0 saturated carbocycles. The maximum atomic E-state index is 11.8. The molecule has 6 aromatic carbocycles. The Morgan fingerprint density at radius 3 is 0.931 bits per heavy atom. The Bertz CT molecular complexity index is 2550. The zero-order valence-corrected chi connectivity index (χ0v) is 42.2. The van der Waals surface area contributed by atoms with Gasteiger partial charge >= 0.3 is 93.8 Å². The SMILES string of the molecule is CC(=N\O)/C([O-])=N/N=C/c1ccccc1[O-].CC(=N\O)/C([O-])=N/N=C/c1ccccc1[O-].CO.CO.O=C(/C=C(\[O-])c1ccccc1)c1ccccc1.O=C(/C=C(\[O-])c1ccccc1)c1ccccc1.[Yb+3].[Yb+3]. The summed E-state index contributed by atoms with van der Waals surface area (Å²) < 4.78 is 0. The van der Waals surface area contributed by atoms with Crippen LogP contribution in [-0.4, -0.2) is 82.1 Å². The molecule has 0 amide bonds. The monoisotopic (exact) mass is 1300 g/mol. The van der Waals surface area contributed by atoms with Crippen molar-refractivity contribution in [3.05, 3.63) is 215 Å². The van der Waals surface area contributed by atoms with Crippen molar-refractivity contribution in [1.29, 1.82) is 0 Å². The van der Waals surface area contributed by atoms with Gasteiger partial charge in [0.1, 0.15) is 0 Å². The summed E-state index contributed by atoms with van der Waals surface area (Å²) in [5.41, 5.74) is 2.41. The third kappa shape index (κ3) is 27.2. The quantitative estimate of drug-likeness (QED) is 0.0261. The van der Waals surface area contributed by atoms with Gasteiger partial charge in [-0.25, -0.2) is 0 Å². The average Bonchev–Trinajstić information content (AvgIpc) is 3.41. The number of allylic oxidation sites excluding steroid dienone is 2. The smallest absolute Gasteiger partial charge is 0.872 e. The number of rotatable bonds is 12. The van der Waals surface area contributed by atoms with Gasteiger partial charge in [-0.05, 0) is 48.3 Å². The molecule has 20 heteroatoms. The van der Waals surface area contributed by atoms with E-state index in [2.05, 4.69) is 30.7 Å². The molecule has 6 aromatic rings.